The number of hydrogen-bond donors (Lipinski definition) is 3. The number of ketones is 1. The van der Waals surface area contributed by atoms with Gasteiger partial charge in [0.05, 0.1) is 6.04 Å². The third-order valence-corrected chi connectivity index (χ3v) is 7.40. The third kappa shape index (κ3) is 8.57. The van der Waals surface area contributed by atoms with Gasteiger partial charge in [0.2, 0.25) is 23.2 Å². The van der Waals surface area contributed by atoms with E-state index < -0.39 is 64.9 Å². The van der Waals surface area contributed by atoms with Gasteiger partial charge in [-0.15, -0.1) is 0 Å². The van der Waals surface area contributed by atoms with E-state index in [2.05, 4.69) is 15.4 Å². The maximum atomic E-state index is 13.9. The summed E-state index contributed by atoms with van der Waals surface area (Å²) in [5, 5.41) is 4.93. The van der Waals surface area contributed by atoms with Crippen molar-refractivity contribution in [3.63, 3.8) is 0 Å². The first-order valence-electron chi connectivity index (χ1n) is 13.7. The molecule has 10 nitrogen and oxygen atoms in total. The lowest BCUT2D eigenvalue weighted by molar-refractivity contribution is -0.244. The second-order valence-corrected chi connectivity index (χ2v) is 13.0. The van der Waals surface area contributed by atoms with Crippen molar-refractivity contribution < 1.29 is 41.9 Å². The molecule has 4 amide bonds. The van der Waals surface area contributed by atoms with Gasteiger partial charge in [0.1, 0.15) is 12.1 Å². The van der Waals surface area contributed by atoms with Crippen LogP contribution in [0.5, 0.6) is 0 Å². The van der Waals surface area contributed by atoms with E-state index in [0.717, 1.165) is 12.8 Å². The van der Waals surface area contributed by atoms with Crippen LogP contribution in [0.1, 0.15) is 80.6 Å². The first kappa shape index (κ1) is 33.3. The molecule has 0 aromatic heterocycles. The van der Waals surface area contributed by atoms with Crippen LogP contribution in [0, 0.1) is 23.2 Å². The van der Waals surface area contributed by atoms with E-state index in [1.54, 1.807) is 20.8 Å². The summed E-state index contributed by atoms with van der Waals surface area (Å²) < 4.78 is 44.4. The molecule has 2 fully saturated rings. The Morgan fingerprint density at radius 2 is 1.52 bits per heavy atom. The number of nitrogens with two attached hydrogens (primary N) is 1. The smallest absolute Gasteiger partial charge is 0.427 e. The fourth-order valence-electron chi connectivity index (χ4n) is 4.91. The minimum absolute atomic E-state index is 0.155. The number of amides is 4. The number of alkyl halides is 3. The summed E-state index contributed by atoms with van der Waals surface area (Å²) in [5.74, 6) is -3.30. The molecule has 13 heteroatoms. The average molecular weight is 577 g/mol. The van der Waals surface area contributed by atoms with E-state index in [4.69, 9.17) is 5.73 Å². The van der Waals surface area contributed by atoms with Crippen LogP contribution >= 0.6 is 0 Å². The van der Waals surface area contributed by atoms with Crippen molar-refractivity contribution in [3.8, 4) is 0 Å². The molecule has 1 aliphatic carbocycles. The first-order valence-corrected chi connectivity index (χ1v) is 13.7. The van der Waals surface area contributed by atoms with Crippen molar-refractivity contribution in [1.29, 1.82) is 0 Å². The number of hydrogen-bond acceptors (Lipinski definition) is 6. The Hall–Kier alpha value is -2.86. The van der Waals surface area contributed by atoms with Gasteiger partial charge in [0.15, 0.2) is 0 Å². The number of halogens is 3. The van der Waals surface area contributed by atoms with Crippen LogP contribution < -0.4 is 16.4 Å². The predicted molar refractivity (Wildman–Crippen MR) is 140 cm³/mol. The molecule has 4 atom stereocenters. The molecule has 0 aromatic rings. The zero-order valence-electron chi connectivity index (χ0n) is 24.3. The highest BCUT2D eigenvalue weighted by Crippen LogP contribution is 2.36. The number of Topliss-reactive ketones (excluding diaryl/α,β-unsaturated/α-hetero) is 1. The lowest BCUT2D eigenvalue weighted by Crippen LogP contribution is -2.60. The van der Waals surface area contributed by atoms with Crippen molar-refractivity contribution in [3.05, 3.63) is 0 Å². The van der Waals surface area contributed by atoms with Crippen molar-refractivity contribution in [2.75, 3.05) is 6.54 Å². The zero-order valence-corrected chi connectivity index (χ0v) is 24.3. The fraction of sp³-hybridized carbons (Fsp3) is 0.815. The molecule has 4 N–H and O–H groups in total. The molecule has 0 aromatic carbocycles. The number of rotatable bonds is 11. The molecular formula is C27H43F3N4O6. The van der Waals surface area contributed by atoms with Gasteiger partial charge in [0, 0.05) is 6.54 Å². The number of nitrogens with one attached hydrogen (secondary N) is 2. The monoisotopic (exact) mass is 576 g/mol. The van der Waals surface area contributed by atoms with Crippen LogP contribution in [0.4, 0.5) is 18.0 Å². The minimum Gasteiger partial charge on any atom is -0.434 e. The largest absolute Gasteiger partial charge is 0.434 e. The maximum absolute atomic E-state index is 13.9. The molecule has 0 bridgehead atoms. The second-order valence-electron chi connectivity index (χ2n) is 13.0. The minimum atomic E-state index is -4.84. The number of nitrogens with zero attached hydrogens (tertiary/aromatic N) is 1. The van der Waals surface area contributed by atoms with E-state index in [-0.39, 0.29) is 30.7 Å². The van der Waals surface area contributed by atoms with Crippen molar-refractivity contribution >= 4 is 29.6 Å². The number of carbonyl (C=O) groups is 5. The Labute approximate surface area is 233 Å². The molecule has 1 aliphatic heterocycles. The molecule has 2 rings (SSSR count). The predicted octanol–water partition coefficient (Wildman–Crippen LogP) is 3.07. The Morgan fingerprint density at radius 3 is 1.98 bits per heavy atom. The Morgan fingerprint density at radius 1 is 0.950 bits per heavy atom. The first-order chi connectivity index (χ1) is 18.2. The number of carbonyl (C=O) groups excluding carboxylic acids is 5. The van der Waals surface area contributed by atoms with E-state index in [0.29, 0.717) is 26.7 Å². The molecule has 0 radical (unpaired) electrons. The third-order valence-electron chi connectivity index (χ3n) is 7.40. The Kier molecular flexibility index (Phi) is 10.3. The van der Waals surface area contributed by atoms with E-state index in [9.17, 15) is 37.1 Å². The highest BCUT2D eigenvalue weighted by molar-refractivity contribution is 6.37. The lowest BCUT2D eigenvalue weighted by Gasteiger charge is -2.37. The van der Waals surface area contributed by atoms with E-state index >= 15 is 0 Å². The van der Waals surface area contributed by atoms with Gasteiger partial charge < -0.3 is 26.0 Å². The Balaban J connectivity index is 2.34. The summed E-state index contributed by atoms with van der Waals surface area (Å²) in [6.07, 6.45) is -3.24. The van der Waals surface area contributed by atoms with Crippen molar-refractivity contribution in [2.45, 2.75) is 110 Å². The molecule has 1 saturated carbocycles. The van der Waals surface area contributed by atoms with Crippen LogP contribution in [-0.2, 0) is 23.9 Å². The SMILES string of the molecule is CC(C)CC1CCN(C(=O)C(NC(=O)OC(C)(C)C(F)(F)F)C(C)(C)C)C1C(=O)NC(CC1CC1)C(=O)C(N)=O. The lowest BCUT2D eigenvalue weighted by atomic mass is 9.85. The van der Waals surface area contributed by atoms with Crippen LogP contribution in [0.3, 0.4) is 0 Å². The van der Waals surface area contributed by atoms with Crippen LogP contribution in [0.2, 0.25) is 0 Å². The van der Waals surface area contributed by atoms with Crippen LogP contribution in [0.25, 0.3) is 0 Å². The molecule has 0 spiro atoms. The van der Waals surface area contributed by atoms with Gasteiger partial charge in [0.25, 0.3) is 5.91 Å². The van der Waals surface area contributed by atoms with Gasteiger partial charge in [-0.05, 0) is 56.3 Å². The molecule has 4 unspecified atom stereocenters. The number of primary amides is 1. The van der Waals surface area contributed by atoms with Crippen LogP contribution in [-0.4, -0.2) is 70.9 Å². The molecule has 2 aliphatic rings. The fourth-order valence-corrected chi connectivity index (χ4v) is 4.91. The topological polar surface area (TPSA) is 148 Å². The van der Waals surface area contributed by atoms with E-state index in [1.807, 2.05) is 13.8 Å². The Bertz CT molecular complexity index is 988. The highest BCUT2D eigenvalue weighted by atomic mass is 19.4. The molecule has 40 heavy (non-hydrogen) atoms. The van der Waals surface area contributed by atoms with E-state index in [1.165, 1.54) is 4.90 Å². The normalized spacial score (nSPS) is 21.5. The molecule has 1 heterocycles. The molecular weight excluding hydrogens is 533 g/mol. The molecule has 1 saturated heterocycles. The number of alkyl carbamates (subject to hydrolysis) is 1. The summed E-state index contributed by atoms with van der Waals surface area (Å²) >= 11 is 0. The summed E-state index contributed by atoms with van der Waals surface area (Å²) in [6.45, 7) is 10.3. The van der Waals surface area contributed by atoms with Crippen molar-refractivity contribution in [2.24, 2.45) is 28.9 Å². The van der Waals surface area contributed by atoms with Gasteiger partial charge >= 0.3 is 12.3 Å². The number of ether oxygens (including phenoxy) is 1. The van der Waals surface area contributed by atoms with Gasteiger partial charge in [-0.2, -0.15) is 13.2 Å². The average Bonchev–Trinajstić information content (AvgIpc) is 3.50. The van der Waals surface area contributed by atoms with Gasteiger partial charge in [-0.25, -0.2) is 4.79 Å². The molecule has 228 valence electrons. The summed E-state index contributed by atoms with van der Waals surface area (Å²) in [6, 6.07) is -3.47. The highest BCUT2D eigenvalue weighted by Gasteiger charge is 2.52. The zero-order chi connectivity index (χ0) is 30.8. The number of likely N-dealkylation sites (tertiary alicyclic amines) is 1. The van der Waals surface area contributed by atoms with Gasteiger partial charge in [-0.3, -0.25) is 19.2 Å². The van der Waals surface area contributed by atoms with Gasteiger partial charge in [-0.1, -0.05) is 47.5 Å². The maximum Gasteiger partial charge on any atom is 0.427 e. The van der Waals surface area contributed by atoms with Crippen LogP contribution in [0.15, 0.2) is 0 Å². The summed E-state index contributed by atoms with van der Waals surface area (Å²) in [5.41, 5.74) is 1.44. The second kappa shape index (κ2) is 12.3. The van der Waals surface area contributed by atoms with Crippen molar-refractivity contribution in [1.82, 2.24) is 15.5 Å². The quantitative estimate of drug-likeness (QED) is 0.322. The summed E-state index contributed by atoms with van der Waals surface area (Å²) in [7, 11) is 0. The standard InChI is InChI=1S/C27H43F3N4O6/c1-14(2)12-16-10-11-34(18(16)22(37)32-17(13-15-8-9-15)19(35)21(31)36)23(38)20(25(3,4)5)33-24(39)40-26(6,7)27(28,29)30/h14-18,20H,8-13H2,1-7H3,(H2,31,36)(H,32,37)(H,33,39). The summed E-state index contributed by atoms with van der Waals surface area (Å²) in [4.78, 5) is 65.4.